The summed E-state index contributed by atoms with van der Waals surface area (Å²) in [5, 5.41) is 0. The first kappa shape index (κ1) is 16.3. The van der Waals surface area contributed by atoms with Gasteiger partial charge in [0.05, 0.1) is 19.1 Å². The van der Waals surface area contributed by atoms with Crippen LogP contribution >= 0.6 is 0 Å². The molecule has 1 saturated heterocycles. The van der Waals surface area contributed by atoms with E-state index in [4.69, 9.17) is 9.47 Å². The zero-order valence-electron chi connectivity index (χ0n) is 14.0. The number of rotatable bonds is 5. The van der Waals surface area contributed by atoms with Gasteiger partial charge in [-0.3, -0.25) is 4.79 Å². The summed E-state index contributed by atoms with van der Waals surface area (Å²) < 4.78 is 10.9. The van der Waals surface area contributed by atoms with E-state index >= 15 is 0 Å². The van der Waals surface area contributed by atoms with E-state index in [1.807, 2.05) is 13.0 Å². The van der Waals surface area contributed by atoms with Crippen molar-refractivity contribution in [2.24, 2.45) is 5.92 Å². The lowest BCUT2D eigenvalue weighted by atomic mass is 9.89. The van der Waals surface area contributed by atoms with Gasteiger partial charge in [-0.2, -0.15) is 0 Å². The van der Waals surface area contributed by atoms with E-state index in [-0.39, 0.29) is 11.9 Å². The lowest BCUT2D eigenvalue weighted by Crippen LogP contribution is -2.40. The van der Waals surface area contributed by atoms with Gasteiger partial charge in [0.1, 0.15) is 5.75 Å². The molecule has 0 aromatic heterocycles. The lowest BCUT2D eigenvalue weighted by Gasteiger charge is -2.33. The molecule has 2 atom stereocenters. The number of carbonyl (C=O) groups excluding carboxylic acids is 1. The maximum absolute atomic E-state index is 11.9. The van der Waals surface area contributed by atoms with E-state index in [1.54, 1.807) is 0 Å². The predicted octanol–water partition coefficient (Wildman–Crippen LogP) is 3.22. The molecule has 4 nitrogen and oxygen atoms in total. The third-order valence-corrected chi connectivity index (χ3v) is 5.00. The Morgan fingerprint density at radius 1 is 1.35 bits per heavy atom. The predicted molar refractivity (Wildman–Crippen MR) is 89.7 cm³/mol. The maximum Gasteiger partial charge on any atom is 0.310 e. The molecule has 4 heteroatoms. The van der Waals surface area contributed by atoms with Crippen LogP contribution in [0.3, 0.4) is 0 Å². The molecule has 3 rings (SSSR count). The molecule has 0 aliphatic carbocycles. The van der Waals surface area contributed by atoms with Gasteiger partial charge in [-0.1, -0.05) is 18.2 Å². The first-order chi connectivity index (χ1) is 11.3. The van der Waals surface area contributed by atoms with E-state index in [9.17, 15) is 4.79 Å². The van der Waals surface area contributed by atoms with E-state index in [1.165, 1.54) is 5.56 Å². The molecule has 0 saturated carbocycles. The SMILES string of the molecule is CCOC(=O)C1CCCN(CCC2CCOc3ccccc32)C1. The lowest BCUT2D eigenvalue weighted by molar-refractivity contribution is -0.149. The van der Waals surface area contributed by atoms with Crippen molar-refractivity contribution in [3.63, 3.8) is 0 Å². The summed E-state index contributed by atoms with van der Waals surface area (Å²) >= 11 is 0. The van der Waals surface area contributed by atoms with Crippen molar-refractivity contribution in [2.45, 2.75) is 38.5 Å². The highest BCUT2D eigenvalue weighted by Crippen LogP contribution is 2.35. The fraction of sp³-hybridized carbons (Fsp3) is 0.632. The largest absolute Gasteiger partial charge is 0.493 e. The first-order valence-corrected chi connectivity index (χ1v) is 8.88. The Kier molecular flexibility index (Phi) is 5.55. The summed E-state index contributed by atoms with van der Waals surface area (Å²) in [6, 6.07) is 8.39. The molecule has 0 radical (unpaired) electrons. The molecule has 126 valence electrons. The van der Waals surface area contributed by atoms with E-state index in [2.05, 4.69) is 23.1 Å². The zero-order valence-corrected chi connectivity index (χ0v) is 14.0. The Bertz CT molecular complexity index is 531. The van der Waals surface area contributed by atoms with Gasteiger partial charge in [0, 0.05) is 6.54 Å². The Hall–Kier alpha value is -1.55. The van der Waals surface area contributed by atoms with Crippen LogP contribution in [0.15, 0.2) is 24.3 Å². The van der Waals surface area contributed by atoms with Crippen molar-refractivity contribution in [2.75, 3.05) is 32.8 Å². The number of piperidine rings is 1. The molecule has 0 spiro atoms. The fourth-order valence-electron chi connectivity index (χ4n) is 3.77. The number of hydrogen-bond acceptors (Lipinski definition) is 4. The van der Waals surface area contributed by atoms with Gasteiger partial charge >= 0.3 is 5.97 Å². The number of esters is 1. The van der Waals surface area contributed by atoms with E-state index in [0.717, 1.165) is 57.7 Å². The Morgan fingerprint density at radius 2 is 2.22 bits per heavy atom. The molecule has 2 unspecified atom stereocenters. The molecule has 23 heavy (non-hydrogen) atoms. The highest BCUT2D eigenvalue weighted by molar-refractivity contribution is 5.72. The molecule has 0 bridgehead atoms. The van der Waals surface area contributed by atoms with E-state index < -0.39 is 0 Å². The van der Waals surface area contributed by atoms with Gasteiger partial charge in [0.15, 0.2) is 0 Å². The van der Waals surface area contributed by atoms with Crippen LogP contribution in [0, 0.1) is 5.92 Å². The number of fused-ring (bicyclic) bond motifs is 1. The molecular weight excluding hydrogens is 290 g/mol. The van der Waals surface area contributed by atoms with Crippen molar-refractivity contribution < 1.29 is 14.3 Å². The summed E-state index contributed by atoms with van der Waals surface area (Å²) in [6.07, 6.45) is 4.28. The van der Waals surface area contributed by atoms with Gasteiger partial charge in [-0.25, -0.2) is 0 Å². The summed E-state index contributed by atoms with van der Waals surface area (Å²) in [6.45, 7) is 6.17. The zero-order chi connectivity index (χ0) is 16.1. The first-order valence-electron chi connectivity index (χ1n) is 8.88. The van der Waals surface area contributed by atoms with Gasteiger partial charge < -0.3 is 14.4 Å². The number of nitrogens with zero attached hydrogens (tertiary/aromatic N) is 1. The number of likely N-dealkylation sites (tertiary alicyclic amines) is 1. The molecule has 2 heterocycles. The molecule has 0 N–H and O–H groups in total. The van der Waals surface area contributed by atoms with Crippen molar-refractivity contribution in [1.82, 2.24) is 4.90 Å². The van der Waals surface area contributed by atoms with Crippen molar-refractivity contribution in [3.8, 4) is 5.75 Å². The van der Waals surface area contributed by atoms with Crippen LogP contribution in [0.5, 0.6) is 5.75 Å². The van der Waals surface area contributed by atoms with Crippen LogP contribution < -0.4 is 4.74 Å². The number of carbonyl (C=O) groups is 1. The van der Waals surface area contributed by atoms with Crippen molar-refractivity contribution in [1.29, 1.82) is 0 Å². The number of hydrogen-bond donors (Lipinski definition) is 0. The van der Waals surface area contributed by atoms with Gasteiger partial charge in [0.25, 0.3) is 0 Å². The van der Waals surface area contributed by atoms with Crippen LogP contribution in [0.1, 0.15) is 44.1 Å². The van der Waals surface area contributed by atoms with Gasteiger partial charge in [0.2, 0.25) is 0 Å². The Labute approximate surface area is 138 Å². The third-order valence-electron chi connectivity index (χ3n) is 5.00. The van der Waals surface area contributed by atoms with Crippen LogP contribution in [0.25, 0.3) is 0 Å². The average Bonchev–Trinajstić information content (AvgIpc) is 2.60. The normalized spacial score (nSPS) is 24.6. The second-order valence-electron chi connectivity index (χ2n) is 6.55. The molecule has 2 aliphatic heterocycles. The van der Waals surface area contributed by atoms with Gasteiger partial charge in [-0.15, -0.1) is 0 Å². The molecule has 1 aromatic rings. The summed E-state index contributed by atoms with van der Waals surface area (Å²) in [5.74, 6) is 1.66. The second kappa shape index (κ2) is 7.82. The standard InChI is InChI=1S/C19H27NO3/c1-2-22-19(21)16-6-5-11-20(14-16)12-9-15-10-13-23-18-8-4-3-7-17(15)18/h3-4,7-8,15-16H,2,5-6,9-14H2,1H3. The van der Waals surface area contributed by atoms with Crippen LogP contribution in [-0.4, -0.2) is 43.7 Å². The number of ether oxygens (including phenoxy) is 2. The minimum atomic E-state index is -0.0198. The molecule has 2 aliphatic rings. The monoisotopic (exact) mass is 317 g/mol. The smallest absolute Gasteiger partial charge is 0.310 e. The molecule has 0 amide bonds. The fourth-order valence-corrected chi connectivity index (χ4v) is 3.77. The summed E-state index contributed by atoms with van der Waals surface area (Å²) in [4.78, 5) is 14.4. The maximum atomic E-state index is 11.9. The second-order valence-corrected chi connectivity index (χ2v) is 6.55. The van der Waals surface area contributed by atoms with Crippen molar-refractivity contribution >= 4 is 5.97 Å². The summed E-state index contributed by atoms with van der Waals surface area (Å²) in [7, 11) is 0. The van der Waals surface area contributed by atoms with Crippen LogP contribution in [0.2, 0.25) is 0 Å². The minimum absolute atomic E-state index is 0.0198. The van der Waals surface area contributed by atoms with Gasteiger partial charge in [-0.05, 0) is 63.2 Å². The van der Waals surface area contributed by atoms with E-state index in [0.29, 0.717) is 12.5 Å². The topological polar surface area (TPSA) is 38.8 Å². The summed E-state index contributed by atoms with van der Waals surface area (Å²) in [5.41, 5.74) is 1.35. The Balaban J connectivity index is 1.53. The molecule has 1 aromatic carbocycles. The Morgan fingerprint density at radius 3 is 3.09 bits per heavy atom. The highest BCUT2D eigenvalue weighted by atomic mass is 16.5. The molecular formula is C19H27NO3. The average molecular weight is 317 g/mol. The van der Waals surface area contributed by atoms with Crippen molar-refractivity contribution in [3.05, 3.63) is 29.8 Å². The number of para-hydroxylation sites is 1. The quantitative estimate of drug-likeness (QED) is 0.782. The number of benzene rings is 1. The van der Waals surface area contributed by atoms with Crippen LogP contribution in [0.4, 0.5) is 0 Å². The highest BCUT2D eigenvalue weighted by Gasteiger charge is 2.28. The molecule has 1 fully saturated rings. The third kappa shape index (κ3) is 4.05. The van der Waals surface area contributed by atoms with Crippen LogP contribution in [-0.2, 0) is 9.53 Å². The minimum Gasteiger partial charge on any atom is -0.493 e.